The molecule has 0 aliphatic carbocycles. The molecule has 2 unspecified atom stereocenters. The van der Waals surface area contributed by atoms with E-state index in [0.29, 0.717) is 5.75 Å². The summed E-state index contributed by atoms with van der Waals surface area (Å²) in [4.78, 5) is 22.6. The zero-order valence-corrected chi connectivity index (χ0v) is 12.6. The minimum Gasteiger partial charge on any atom is -0.481 e. The number of amides is 1. The van der Waals surface area contributed by atoms with Crippen molar-refractivity contribution in [1.29, 1.82) is 0 Å². The smallest absolute Gasteiger partial charge is 0.326 e. The van der Waals surface area contributed by atoms with Crippen molar-refractivity contribution in [2.24, 2.45) is 0 Å². The Morgan fingerprint density at radius 3 is 2.62 bits per heavy atom. The molecule has 0 aliphatic heterocycles. The Labute approximate surface area is 128 Å². The fourth-order valence-corrected chi connectivity index (χ4v) is 1.86. The first-order chi connectivity index (χ1) is 9.79. The molecule has 8 heteroatoms. The average Bonchev–Trinajstić information content (AvgIpc) is 2.37. The predicted molar refractivity (Wildman–Crippen MR) is 74.4 cm³/mol. The van der Waals surface area contributed by atoms with Gasteiger partial charge in [0.1, 0.15) is 11.8 Å². The van der Waals surface area contributed by atoms with Crippen LogP contribution in [0.3, 0.4) is 0 Å². The minimum atomic E-state index is -2.83. The van der Waals surface area contributed by atoms with E-state index in [1.165, 1.54) is 6.92 Å². The largest absolute Gasteiger partial charge is 0.481 e. The summed E-state index contributed by atoms with van der Waals surface area (Å²) in [5, 5.41) is 10.8. The third kappa shape index (κ3) is 6.07. The van der Waals surface area contributed by atoms with Crippen LogP contribution in [-0.2, 0) is 9.59 Å². The van der Waals surface area contributed by atoms with Crippen molar-refractivity contribution in [3.05, 3.63) is 28.7 Å². The fraction of sp³-hybridized carbons (Fsp3) is 0.385. The summed E-state index contributed by atoms with van der Waals surface area (Å²) in [7, 11) is 0. The number of carbonyl (C=O) groups excluding carboxylic acids is 1. The molecule has 0 spiro atoms. The number of hydrogen-bond acceptors (Lipinski definition) is 3. The molecule has 1 rings (SSSR count). The number of carbonyl (C=O) groups is 2. The third-order valence-electron chi connectivity index (χ3n) is 2.51. The van der Waals surface area contributed by atoms with Crippen LogP contribution in [0.5, 0.6) is 5.75 Å². The Morgan fingerprint density at radius 2 is 2.10 bits per heavy atom. The molecule has 0 saturated heterocycles. The first kappa shape index (κ1) is 17.4. The predicted octanol–water partition coefficient (Wildman–Crippen LogP) is 2.44. The normalized spacial score (nSPS) is 13.6. The SMILES string of the molecule is CC(Oc1cccc(Br)c1)C(=O)NC(CC(F)F)C(=O)O. The van der Waals surface area contributed by atoms with Gasteiger partial charge >= 0.3 is 5.97 Å². The summed E-state index contributed by atoms with van der Waals surface area (Å²) in [5.74, 6) is -1.89. The van der Waals surface area contributed by atoms with Crippen LogP contribution < -0.4 is 10.1 Å². The van der Waals surface area contributed by atoms with Gasteiger partial charge in [0.15, 0.2) is 6.10 Å². The molecule has 0 aliphatic rings. The monoisotopic (exact) mass is 365 g/mol. The van der Waals surface area contributed by atoms with Crippen LogP contribution >= 0.6 is 15.9 Å². The van der Waals surface area contributed by atoms with Crippen LogP contribution in [0.2, 0.25) is 0 Å². The molecule has 5 nitrogen and oxygen atoms in total. The van der Waals surface area contributed by atoms with Crippen molar-refractivity contribution in [2.45, 2.75) is 31.9 Å². The zero-order chi connectivity index (χ0) is 16.0. The Balaban J connectivity index is 2.62. The number of alkyl halides is 2. The van der Waals surface area contributed by atoms with E-state index in [1.54, 1.807) is 24.3 Å². The molecule has 0 heterocycles. The lowest BCUT2D eigenvalue weighted by atomic mass is 10.2. The second-order valence-corrected chi connectivity index (χ2v) is 5.16. The molecule has 1 amide bonds. The van der Waals surface area contributed by atoms with Crippen LogP contribution in [0.25, 0.3) is 0 Å². The average molecular weight is 366 g/mol. The zero-order valence-electron chi connectivity index (χ0n) is 11.1. The van der Waals surface area contributed by atoms with Crippen molar-refractivity contribution in [2.75, 3.05) is 0 Å². The van der Waals surface area contributed by atoms with Gasteiger partial charge in [0.05, 0.1) is 0 Å². The van der Waals surface area contributed by atoms with Crippen molar-refractivity contribution >= 4 is 27.8 Å². The van der Waals surface area contributed by atoms with Gasteiger partial charge in [-0.1, -0.05) is 22.0 Å². The molecule has 116 valence electrons. The number of hydrogen-bond donors (Lipinski definition) is 2. The molecule has 21 heavy (non-hydrogen) atoms. The molecule has 2 N–H and O–H groups in total. The van der Waals surface area contributed by atoms with E-state index >= 15 is 0 Å². The first-order valence-electron chi connectivity index (χ1n) is 6.03. The maximum absolute atomic E-state index is 12.2. The molecule has 0 bridgehead atoms. The lowest BCUT2D eigenvalue weighted by molar-refractivity contribution is -0.144. The van der Waals surface area contributed by atoms with Gasteiger partial charge < -0.3 is 15.2 Å². The molecule has 0 saturated carbocycles. The highest BCUT2D eigenvalue weighted by Gasteiger charge is 2.26. The van der Waals surface area contributed by atoms with Crippen LogP contribution in [0.4, 0.5) is 8.78 Å². The van der Waals surface area contributed by atoms with E-state index in [4.69, 9.17) is 9.84 Å². The lowest BCUT2D eigenvalue weighted by Gasteiger charge is -2.18. The summed E-state index contributed by atoms with van der Waals surface area (Å²) in [6.45, 7) is 1.40. The van der Waals surface area contributed by atoms with E-state index in [1.807, 2.05) is 5.32 Å². The van der Waals surface area contributed by atoms with Gasteiger partial charge in [-0.15, -0.1) is 0 Å². The number of carboxylic acid groups (broad SMARTS) is 1. The Hall–Kier alpha value is -1.70. The van der Waals surface area contributed by atoms with Crippen LogP contribution in [-0.4, -0.2) is 35.6 Å². The van der Waals surface area contributed by atoms with Gasteiger partial charge in [0.25, 0.3) is 5.91 Å². The quantitative estimate of drug-likeness (QED) is 0.777. The maximum atomic E-state index is 12.2. The van der Waals surface area contributed by atoms with Crippen LogP contribution in [0, 0.1) is 0 Å². The summed E-state index contributed by atoms with van der Waals surface area (Å²) >= 11 is 3.23. The van der Waals surface area contributed by atoms with E-state index in [9.17, 15) is 18.4 Å². The Kier molecular flexibility index (Phi) is 6.54. The number of nitrogens with one attached hydrogen (secondary N) is 1. The lowest BCUT2D eigenvalue weighted by Crippen LogP contribution is -2.47. The number of rotatable bonds is 7. The van der Waals surface area contributed by atoms with E-state index < -0.39 is 36.9 Å². The molecular formula is C13H14BrF2NO4. The first-order valence-corrected chi connectivity index (χ1v) is 6.82. The van der Waals surface area contributed by atoms with Gasteiger partial charge in [-0.05, 0) is 25.1 Å². The van der Waals surface area contributed by atoms with Gasteiger partial charge in [-0.3, -0.25) is 4.79 Å². The maximum Gasteiger partial charge on any atom is 0.326 e. The van der Waals surface area contributed by atoms with E-state index in [0.717, 1.165) is 4.47 Å². The summed E-state index contributed by atoms with van der Waals surface area (Å²) in [6.07, 6.45) is -4.79. The van der Waals surface area contributed by atoms with Gasteiger partial charge in [0.2, 0.25) is 6.43 Å². The van der Waals surface area contributed by atoms with Crippen molar-refractivity contribution < 1.29 is 28.2 Å². The molecule has 1 aromatic rings. The fourth-order valence-electron chi connectivity index (χ4n) is 1.49. The highest BCUT2D eigenvalue weighted by Crippen LogP contribution is 2.19. The van der Waals surface area contributed by atoms with E-state index in [2.05, 4.69) is 15.9 Å². The number of halogens is 3. The highest BCUT2D eigenvalue weighted by molar-refractivity contribution is 9.10. The van der Waals surface area contributed by atoms with Crippen LogP contribution in [0.1, 0.15) is 13.3 Å². The van der Waals surface area contributed by atoms with Gasteiger partial charge in [0, 0.05) is 10.9 Å². The van der Waals surface area contributed by atoms with Crippen LogP contribution in [0.15, 0.2) is 28.7 Å². The van der Waals surface area contributed by atoms with Crippen molar-refractivity contribution in [1.82, 2.24) is 5.32 Å². The molecule has 0 fully saturated rings. The Morgan fingerprint density at radius 1 is 1.43 bits per heavy atom. The second-order valence-electron chi connectivity index (χ2n) is 4.24. The standard InChI is InChI=1S/C13H14BrF2NO4/c1-7(21-9-4-2-3-8(14)5-9)12(18)17-10(13(19)20)6-11(15)16/h2-5,7,10-11H,6H2,1H3,(H,17,18)(H,19,20). The Bertz CT molecular complexity index is 513. The second kappa shape index (κ2) is 7.92. The number of benzene rings is 1. The van der Waals surface area contributed by atoms with E-state index in [-0.39, 0.29) is 0 Å². The van der Waals surface area contributed by atoms with Crippen molar-refractivity contribution in [3.63, 3.8) is 0 Å². The molecular weight excluding hydrogens is 352 g/mol. The summed E-state index contributed by atoms with van der Waals surface area (Å²) < 4.78 is 30.5. The topological polar surface area (TPSA) is 75.6 Å². The molecule has 2 atom stereocenters. The van der Waals surface area contributed by atoms with Crippen molar-refractivity contribution in [3.8, 4) is 5.75 Å². The minimum absolute atomic E-state index is 0.396. The third-order valence-corrected chi connectivity index (χ3v) is 3.00. The molecule has 0 aromatic heterocycles. The van der Waals surface area contributed by atoms with Gasteiger partial charge in [-0.25, -0.2) is 13.6 Å². The summed E-state index contributed by atoms with van der Waals surface area (Å²) in [6, 6.07) is 5.05. The molecule has 1 aromatic carbocycles. The highest BCUT2D eigenvalue weighted by atomic mass is 79.9. The summed E-state index contributed by atoms with van der Waals surface area (Å²) in [5.41, 5.74) is 0. The number of carboxylic acids is 1. The number of ether oxygens (including phenoxy) is 1. The molecule has 0 radical (unpaired) electrons. The number of aliphatic carboxylic acids is 1. The van der Waals surface area contributed by atoms with Gasteiger partial charge in [-0.2, -0.15) is 0 Å².